The molecule has 1 saturated carbocycles. The summed E-state index contributed by atoms with van der Waals surface area (Å²) in [4.78, 5) is 26.4. The van der Waals surface area contributed by atoms with Crippen molar-refractivity contribution in [1.82, 2.24) is 0 Å². The summed E-state index contributed by atoms with van der Waals surface area (Å²) in [5.41, 5.74) is 1.96. The second-order valence-electron chi connectivity index (χ2n) is 12.0. The molecule has 0 heterocycles. The van der Waals surface area contributed by atoms with Crippen LogP contribution in [0.5, 0.6) is 11.5 Å². The summed E-state index contributed by atoms with van der Waals surface area (Å²) in [7, 11) is -4.72. The summed E-state index contributed by atoms with van der Waals surface area (Å²) in [5.74, 6) is -0.585. The number of phosphoric ester groups is 1. The lowest BCUT2D eigenvalue weighted by atomic mass is 9.73. The van der Waals surface area contributed by atoms with Crippen molar-refractivity contribution in [2.45, 2.75) is 129 Å². The summed E-state index contributed by atoms with van der Waals surface area (Å²) < 4.78 is 29.3. The normalized spacial score (nSPS) is 21.4. The average molecular weight is 590 g/mol. The van der Waals surface area contributed by atoms with Gasteiger partial charge < -0.3 is 19.3 Å². The zero-order valence-electron chi connectivity index (χ0n) is 25.5. The molecular weight excluding hydrogens is 539 g/mol. The molecule has 0 radical (unpaired) electrons. The predicted octanol–water partition coefficient (Wildman–Crippen LogP) is 8.44. The molecule has 2 aliphatic carbocycles. The Labute approximate surface area is 247 Å². The number of carbonyl (C=O) groups excluding carboxylic acids is 1. The number of phosphoric acid groups is 1. The number of ether oxygens (including phenoxy) is 1. The maximum absolute atomic E-state index is 13.6. The Hall–Kier alpha value is -1.92. The van der Waals surface area contributed by atoms with Gasteiger partial charge in [0.15, 0.2) is 5.60 Å². The lowest BCUT2D eigenvalue weighted by Gasteiger charge is -2.42. The SMILES string of the molecule is C=C(C)[C@@H]1CCC(C)=C[C@H]1c1c(O)cc(CCC)cc1OC(=O)C1(OP(=O)([O-])OCCCCCCCCC)CCC1. The van der Waals surface area contributed by atoms with E-state index in [0.29, 0.717) is 24.8 Å². The van der Waals surface area contributed by atoms with Crippen LogP contribution in [0.15, 0.2) is 35.9 Å². The van der Waals surface area contributed by atoms with Gasteiger partial charge >= 0.3 is 5.97 Å². The smallest absolute Gasteiger partial charge is 0.344 e. The van der Waals surface area contributed by atoms with Crippen LogP contribution in [0.1, 0.15) is 128 Å². The Kier molecular flexibility index (Phi) is 12.7. The van der Waals surface area contributed by atoms with Crippen LogP contribution in [0.25, 0.3) is 0 Å². The van der Waals surface area contributed by atoms with Crippen LogP contribution in [0.2, 0.25) is 0 Å². The molecule has 1 aromatic rings. The van der Waals surface area contributed by atoms with E-state index in [2.05, 4.69) is 26.5 Å². The average Bonchev–Trinajstić information content (AvgIpc) is 2.87. The Morgan fingerprint density at radius 3 is 2.41 bits per heavy atom. The van der Waals surface area contributed by atoms with Crippen molar-refractivity contribution in [2.75, 3.05) is 6.61 Å². The third-order valence-corrected chi connectivity index (χ3v) is 9.52. The van der Waals surface area contributed by atoms with E-state index in [9.17, 15) is 19.4 Å². The summed E-state index contributed by atoms with van der Waals surface area (Å²) in [6.07, 6.45) is 13.9. The summed E-state index contributed by atoms with van der Waals surface area (Å²) >= 11 is 0. The molecule has 0 spiro atoms. The van der Waals surface area contributed by atoms with E-state index in [0.717, 1.165) is 49.7 Å². The van der Waals surface area contributed by atoms with Gasteiger partial charge in [-0.25, -0.2) is 4.79 Å². The molecule has 8 heteroatoms. The van der Waals surface area contributed by atoms with Gasteiger partial charge in [0.2, 0.25) is 0 Å². The van der Waals surface area contributed by atoms with Crippen LogP contribution < -0.4 is 9.63 Å². The van der Waals surface area contributed by atoms with E-state index < -0.39 is 19.4 Å². The Balaban J connectivity index is 1.77. The maximum atomic E-state index is 13.6. The molecule has 1 fully saturated rings. The minimum Gasteiger partial charge on any atom is -0.756 e. The second-order valence-corrected chi connectivity index (χ2v) is 13.4. The number of phenols is 1. The second kappa shape index (κ2) is 15.5. The monoisotopic (exact) mass is 589 g/mol. The van der Waals surface area contributed by atoms with E-state index in [1.165, 1.54) is 24.8 Å². The van der Waals surface area contributed by atoms with Crippen molar-refractivity contribution in [3.05, 3.63) is 47.1 Å². The van der Waals surface area contributed by atoms with Crippen LogP contribution in [0, 0.1) is 5.92 Å². The highest BCUT2D eigenvalue weighted by Gasteiger charge is 2.50. The molecule has 41 heavy (non-hydrogen) atoms. The molecule has 0 bridgehead atoms. The van der Waals surface area contributed by atoms with Crippen molar-refractivity contribution >= 4 is 13.8 Å². The quantitative estimate of drug-likeness (QED) is 0.0639. The molecule has 3 rings (SSSR count). The number of hydrogen-bond donors (Lipinski definition) is 1. The molecule has 2 aliphatic rings. The van der Waals surface area contributed by atoms with Gasteiger partial charge in [-0.05, 0) is 82.4 Å². The third-order valence-electron chi connectivity index (χ3n) is 8.45. The van der Waals surface area contributed by atoms with Gasteiger partial charge in [-0.15, -0.1) is 0 Å². The van der Waals surface area contributed by atoms with E-state index in [4.69, 9.17) is 13.8 Å². The molecule has 3 atom stereocenters. The van der Waals surface area contributed by atoms with Gasteiger partial charge in [0, 0.05) is 11.5 Å². The molecule has 230 valence electrons. The first kappa shape index (κ1) is 33.6. The van der Waals surface area contributed by atoms with Crippen molar-refractivity contribution in [2.24, 2.45) is 5.92 Å². The van der Waals surface area contributed by atoms with Gasteiger partial charge in [0.1, 0.15) is 11.5 Å². The summed E-state index contributed by atoms with van der Waals surface area (Å²) in [6.45, 7) is 12.5. The van der Waals surface area contributed by atoms with Crippen LogP contribution in [-0.2, 0) is 24.8 Å². The molecule has 1 N–H and O–H groups in total. The first-order valence-electron chi connectivity index (χ1n) is 15.6. The number of aryl methyl sites for hydroxylation is 1. The fraction of sp³-hybridized carbons (Fsp3) is 0.667. The standard InChI is InChI=1S/C33H51O7P/c1-6-8-9-10-11-12-13-20-38-41(36,37)40-33(18-14-19-33)32(35)39-30-23-26(15-7-2)22-29(34)31(30)28-21-25(5)16-17-27(28)24(3)4/h21-23,27-28,34H,3,6-20H2,1-2,4-5H3,(H,36,37)/p-1/t27-,28+/m0/s1. The van der Waals surface area contributed by atoms with Crippen LogP contribution >= 0.6 is 7.82 Å². The minimum atomic E-state index is -4.72. The van der Waals surface area contributed by atoms with Crippen molar-refractivity contribution < 1.29 is 33.1 Å². The zero-order valence-corrected chi connectivity index (χ0v) is 26.4. The molecule has 1 aromatic carbocycles. The van der Waals surface area contributed by atoms with Crippen LogP contribution in [0.3, 0.4) is 0 Å². The van der Waals surface area contributed by atoms with Gasteiger partial charge in [0.25, 0.3) is 7.82 Å². The van der Waals surface area contributed by atoms with E-state index in [1.54, 1.807) is 12.1 Å². The fourth-order valence-corrected chi connectivity index (χ4v) is 7.02. The minimum absolute atomic E-state index is 0.0342. The van der Waals surface area contributed by atoms with Gasteiger partial charge in [0.05, 0.1) is 6.61 Å². The number of allylic oxidation sites excluding steroid dienone is 3. The molecular formula is C33H50O7P-. The van der Waals surface area contributed by atoms with E-state index in [-0.39, 0.29) is 42.8 Å². The van der Waals surface area contributed by atoms with Crippen molar-refractivity contribution in [3.8, 4) is 11.5 Å². The Morgan fingerprint density at radius 1 is 1.12 bits per heavy atom. The Morgan fingerprint density at radius 2 is 1.80 bits per heavy atom. The molecule has 1 unspecified atom stereocenters. The van der Waals surface area contributed by atoms with Gasteiger partial charge in [-0.1, -0.05) is 82.6 Å². The van der Waals surface area contributed by atoms with E-state index >= 15 is 0 Å². The number of carbonyl (C=O) groups is 1. The lowest BCUT2D eigenvalue weighted by molar-refractivity contribution is -0.243. The van der Waals surface area contributed by atoms with Crippen LogP contribution in [-0.4, -0.2) is 23.3 Å². The first-order chi connectivity index (χ1) is 19.5. The first-order valence-corrected chi connectivity index (χ1v) is 17.0. The topological polar surface area (TPSA) is 105 Å². The summed E-state index contributed by atoms with van der Waals surface area (Å²) in [5, 5.41) is 11.2. The van der Waals surface area contributed by atoms with Crippen molar-refractivity contribution in [3.63, 3.8) is 0 Å². The van der Waals surface area contributed by atoms with Gasteiger partial charge in [-0.3, -0.25) is 9.09 Å². The highest BCUT2D eigenvalue weighted by atomic mass is 31.2. The van der Waals surface area contributed by atoms with E-state index in [1.807, 2.05) is 13.8 Å². The third kappa shape index (κ3) is 9.28. The number of hydrogen-bond acceptors (Lipinski definition) is 7. The zero-order chi connectivity index (χ0) is 30.0. The molecule has 0 aliphatic heterocycles. The lowest BCUT2D eigenvalue weighted by Crippen LogP contribution is -2.50. The maximum Gasteiger partial charge on any atom is 0.344 e. The molecule has 7 nitrogen and oxygen atoms in total. The summed E-state index contributed by atoms with van der Waals surface area (Å²) in [6, 6.07) is 3.53. The molecule has 0 amide bonds. The van der Waals surface area contributed by atoms with Crippen molar-refractivity contribution in [1.29, 1.82) is 0 Å². The van der Waals surface area contributed by atoms with Gasteiger partial charge in [-0.2, -0.15) is 0 Å². The highest BCUT2D eigenvalue weighted by molar-refractivity contribution is 7.46. The number of rotatable bonds is 17. The number of aromatic hydroxyl groups is 1. The predicted molar refractivity (Wildman–Crippen MR) is 161 cm³/mol. The van der Waals surface area contributed by atoms with Crippen LogP contribution in [0.4, 0.5) is 0 Å². The fourth-order valence-electron chi connectivity index (χ4n) is 5.93. The number of phenolic OH excluding ortho intramolecular Hbond substituents is 1. The molecule has 0 saturated heterocycles. The number of unbranched alkanes of at least 4 members (excludes halogenated alkanes) is 6. The number of esters is 1. The largest absolute Gasteiger partial charge is 0.756 e. The molecule has 0 aromatic heterocycles. The highest BCUT2D eigenvalue weighted by Crippen LogP contribution is 2.52. The number of benzene rings is 1. The Bertz CT molecular complexity index is 1120.